The van der Waals surface area contributed by atoms with Crippen molar-refractivity contribution in [1.82, 2.24) is 9.78 Å². The average Bonchev–Trinajstić information content (AvgIpc) is 2.85. The summed E-state index contributed by atoms with van der Waals surface area (Å²) in [5, 5.41) is 24.3. The normalized spacial score (nSPS) is 12.6. The van der Waals surface area contributed by atoms with Crippen molar-refractivity contribution in [3.8, 4) is 0 Å². The van der Waals surface area contributed by atoms with Crippen molar-refractivity contribution >= 4 is 17.7 Å². The van der Waals surface area contributed by atoms with E-state index in [2.05, 4.69) is 10.1 Å². The lowest BCUT2D eigenvalue weighted by atomic mass is 10.3. The lowest BCUT2D eigenvalue weighted by Gasteiger charge is -2.14. The first-order valence-corrected chi connectivity index (χ1v) is 7.93. The van der Waals surface area contributed by atoms with Crippen LogP contribution in [0.3, 0.4) is 0 Å². The summed E-state index contributed by atoms with van der Waals surface area (Å²) in [7, 11) is 0. The number of hydrogen-bond donors (Lipinski definition) is 1. The zero-order chi connectivity index (χ0) is 18.6. The number of hydrogen-bond acceptors (Lipinski definition) is 5. The number of benzene rings is 1. The smallest absolute Gasteiger partial charge is 0.419 e. The molecule has 5 nitrogen and oxygen atoms in total. The number of halogens is 4. The van der Waals surface area contributed by atoms with Crippen LogP contribution in [0.5, 0.6) is 0 Å². The second-order valence-corrected chi connectivity index (χ2v) is 6.07. The highest BCUT2D eigenvalue weighted by molar-refractivity contribution is 7.99. The van der Waals surface area contributed by atoms with Gasteiger partial charge in [-0.25, -0.2) is 4.39 Å². The van der Waals surface area contributed by atoms with E-state index in [-0.39, 0.29) is 25.5 Å². The molecule has 1 N–H and O–H groups in total. The Labute approximate surface area is 145 Å². The zero-order valence-electron chi connectivity index (χ0n) is 13.0. The van der Waals surface area contributed by atoms with Gasteiger partial charge in [0.15, 0.2) is 0 Å². The third-order valence-electron chi connectivity index (χ3n) is 3.21. The van der Waals surface area contributed by atoms with E-state index >= 15 is 0 Å². The van der Waals surface area contributed by atoms with Gasteiger partial charge in [-0.05, 0) is 31.2 Å². The Kier molecular flexibility index (Phi) is 6.07. The molecule has 0 fully saturated rings. The van der Waals surface area contributed by atoms with Crippen LogP contribution in [-0.2, 0) is 13.2 Å². The van der Waals surface area contributed by atoms with Crippen molar-refractivity contribution in [2.24, 2.45) is 4.99 Å². The third-order valence-corrected chi connectivity index (χ3v) is 4.46. The molecule has 0 amide bonds. The van der Waals surface area contributed by atoms with Gasteiger partial charge >= 0.3 is 6.18 Å². The van der Waals surface area contributed by atoms with Crippen molar-refractivity contribution in [2.45, 2.75) is 36.0 Å². The molecule has 0 spiro atoms. The second kappa shape index (κ2) is 7.87. The molecule has 1 heterocycles. The van der Waals surface area contributed by atoms with E-state index in [4.69, 9.17) is 0 Å². The van der Waals surface area contributed by atoms with Gasteiger partial charge in [-0.2, -0.15) is 18.3 Å². The molecule has 0 bridgehead atoms. The number of aliphatic hydroxyl groups is 1. The number of aliphatic imine (C=N–C) groups is 1. The Morgan fingerprint density at radius 2 is 1.96 bits per heavy atom. The van der Waals surface area contributed by atoms with E-state index in [0.717, 1.165) is 4.90 Å². The first kappa shape index (κ1) is 19.3. The maximum Gasteiger partial charge on any atom is 0.419 e. The van der Waals surface area contributed by atoms with Crippen LogP contribution in [-0.4, -0.2) is 33.5 Å². The molecule has 0 atom stereocenters. The minimum absolute atomic E-state index is 0.0371. The standard InChI is InChI=1S/C15H15F4N3O2S/c1-9-13(25-11-4-2-10(16)3-5-11)12(8-23)21-22(9)7-6-20-14(24)15(17,18)19/h2-5,23H,6-8H2,1H3,(H,20,24)/p-1. The molecular formula is C15H14F4N3O2S-. The number of aromatic nitrogens is 2. The molecule has 0 saturated carbocycles. The molecule has 2 aromatic rings. The predicted molar refractivity (Wildman–Crippen MR) is 81.8 cm³/mol. The molecule has 1 aromatic carbocycles. The Morgan fingerprint density at radius 3 is 2.52 bits per heavy atom. The van der Waals surface area contributed by atoms with Gasteiger partial charge in [0.05, 0.1) is 30.5 Å². The summed E-state index contributed by atoms with van der Waals surface area (Å²) in [6.45, 7) is 0.899. The average molecular weight is 376 g/mol. The minimum Gasteiger partial charge on any atom is -0.856 e. The topological polar surface area (TPSA) is 73.5 Å². The van der Waals surface area contributed by atoms with E-state index in [0.29, 0.717) is 16.3 Å². The summed E-state index contributed by atoms with van der Waals surface area (Å²) in [4.78, 5) is 4.29. The van der Waals surface area contributed by atoms with E-state index in [9.17, 15) is 27.8 Å². The number of aliphatic hydroxyl groups excluding tert-OH is 1. The lowest BCUT2D eigenvalue weighted by molar-refractivity contribution is -0.262. The van der Waals surface area contributed by atoms with Crippen LogP contribution in [0.25, 0.3) is 0 Å². The summed E-state index contributed by atoms with van der Waals surface area (Å²) >= 11 is 1.25. The van der Waals surface area contributed by atoms with E-state index in [1.165, 1.54) is 28.6 Å². The fourth-order valence-corrected chi connectivity index (χ4v) is 2.99. The van der Waals surface area contributed by atoms with E-state index in [1.54, 1.807) is 19.1 Å². The molecule has 0 saturated heterocycles. The zero-order valence-corrected chi connectivity index (χ0v) is 13.9. The highest BCUT2D eigenvalue weighted by Crippen LogP contribution is 2.33. The Hall–Kier alpha value is -2.07. The predicted octanol–water partition coefficient (Wildman–Crippen LogP) is 2.30. The van der Waals surface area contributed by atoms with Crippen molar-refractivity contribution in [2.75, 3.05) is 6.54 Å². The molecule has 2 rings (SSSR count). The molecule has 0 aliphatic heterocycles. The summed E-state index contributed by atoms with van der Waals surface area (Å²) in [5.74, 6) is -2.52. The largest absolute Gasteiger partial charge is 0.856 e. The van der Waals surface area contributed by atoms with Gasteiger partial charge in [0.1, 0.15) is 11.5 Å². The van der Waals surface area contributed by atoms with Gasteiger partial charge in [0.25, 0.3) is 0 Å². The molecule has 0 radical (unpaired) electrons. The van der Waals surface area contributed by atoms with Crippen LogP contribution >= 0.6 is 11.8 Å². The van der Waals surface area contributed by atoms with Crippen LogP contribution in [0.15, 0.2) is 39.0 Å². The Bertz CT molecular complexity index is 757. The summed E-state index contributed by atoms with van der Waals surface area (Å²) in [6.07, 6.45) is -4.99. The van der Waals surface area contributed by atoms with Crippen LogP contribution in [0.4, 0.5) is 17.6 Å². The molecule has 10 heteroatoms. The summed E-state index contributed by atoms with van der Waals surface area (Å²) in [6, 6.07) is 5.72. The maximum atomic E-state index is 13.0. The van der Waals surface area contributed by atoms with Gasteiger partial charge in [0.2, 0.25) is 0 Å². The highest BCUT2D eigenvalue weighted by Gasteiger charge is 2.27. The molecule has 25 heavy (non-hydrogen) atoms. The molecule has 0 unspecified atom stereocenters. The van der Waals surface area contributed by atoms with Crippen molar-refractivity contribution < 1.29 is 27.8 Å². The second-order valence-electron chi connectivity index (χ2n) is 4.98. The molecule has 1 aromatic heterocycles. The third kappa shape index (κ3) is 4.95. The van der Waals surface area contributed by atoms with Gasteiger partial charge in [0, 0.05) is 10.6 Å². The Balaban J connectivity index is 2.16. The fraction of sp³-hybridized carbons (Fsp3) is 0.333. The number of alkyl halides is 3. The number of nitrogens with zero attached hydrogens (tertiary/aromatic N) is 3. The molecule has 0 aliphatic carbocycles. The van der Waals surface area contributed by atoms with Crippen molar-refractivity contribution in [3.05, 3.63) is 41.5 Å². The summed E-state index contributed by atoms with van der Waals surface area (Å²) < 4.78 is 50.7. The Morgan fingerprint density at radius 1 is 1.32 bits per heavy atom. The van der Waals surface area contributed by atoms with Gasteiger partial charge < -0.3 is 10.2 Å². The molecule has 136 valence electrons. The lowest BCUT2D eigenvalue weighted by Crippen LogP contribution is -2.35. The SMILES string of the molecule is Cc1c(Sc2ccc(F)cc2)c(CO)nn1CCN=C([O-])C(F)(F)F. The van der Waals surface area contributed by atoms with Crippen LogP contribution < -0.4 is 5.11 Å². The van der Waals surface area contributed by atoms with Gasteiger partial charge in [-0.15, -0.1) is 0 Å². The number of rotatable bonds is 6. The monoisotopic (exact) mass is 376 g/mol. The molecular weight excluding hydrogens is 362 g/mol. The first-order chi connectivity index (χ1) is 11.7. The summed E-state index contributed by atoms with van der Waals surface area (Å²) in [5.41, 5.74) is 0.946. The fourth-order valence-electron chi connectivity index (χ4n) is 2.00. The van der Waals surface area contributed by atoms with Crippen LogP contribution in [0.1, 0.15) is 11.4 Å². The van der Waals surface area contributed by atoms with Gasteiger partial charge in [-0.3, -0.25) is 9.67 Å². The quantitative estimate of drug-likeness (QED) is 0.477. The first-order valence-electron chi connectivity index (χ1n) is 7.11. The van der Waals surface area contributed by atoms with Gasteiger partial charge in [-0.1, -0.05) is 11.8 Å². The van der Waals surface area contributed by atoms with Crippen LogP contribution in [0, 0.1) is 12.7 Å². The highest BCUT2D eigenvalue weighted by atomic mass is 32.2. The van der Waals surface area contributed by atoms with Crippen molar-refractivity contribution in [1.29, 1.82) is 0 Å². The maximum absolute atomic E-state index is 13.0. The van der Waals surface area contributed by atoms with Crippen molar-refractivity contribution in [3.63, 3.8) is 0 Å². The van der Waals surface area contributed by atoms with Crippen LogP contribution in [0.2, 0.25) is 0 Å². The molecule has 0 aliphatic rings. The van der Waals surface area contributed by atoms with E-state index < -0.39 is 12.1 Å². The van der Waals surface area contributed by atoms with E-state index in [1.807, 2.05) is 0 Å². The minimum atomic E-state index is -4.99.